The van der Waals surface area contributed by atoms with Gasteiger partial charge in [0, 0.05) is 49.1 Å². The zero-order valence-corrected chi connectivity index (χ0v) is 32.2. The first-order valence-electron chi connectivity index (χ1n) is 20.5. The normalized spacial score (nSPS) is 12.3. The topological polar surface area (TPSA) is 40.3 Å². The minimum absolute atomic E-state index is 0.851. The molecule has 0 amide bonds. The lowest BCUT2D eigenvalue weighted by atomic mass is 9.99. The second kappa shape index (κ2) is 11.7. The first-order chi connectivity index (χ1) is 29.8. The fraction of sp³-hybridized carbons (Fsp3) is 0. The number of furan rings is 1. The third kappa shape index (κ3) is 4.22. The van der Waals surface area contributed by atoms with E-state index < -0.39 is 0 Å². The van der Waals surface area contributed by atoms with E-state index in [1.165, 1.54) is 54.5 Å². The Balaban J connectivity index is 0.996. The smallest absolute Gasteiger partial charge is 0.160 e. The molecule has 0 atom stereocenters. The van der Waals surface area contributed by atoms with E-state index in [2.05, 4.69) is 208 Å². The number of para-hydroxylation sites is 4. The van der Waals surface area contributed by atoms with Gasteiger partial charge in [0.15, 0.2) is 5.58 Å². The third-order valence-electron chi connectivity index (χ3n) is 12.8. The van der Waals surface area contributed by atoms with Crippen LogP contribution in [0.15, 0.2) is 199 Å². The van der Waals surface area contributed by atoms with Crippen LogP contribution in [-0.2, 0) is 0 Å². The second-order valence-electron chi connectivity index (χ2n) is 15.9. The van der Waals surface area contributed by atoms with Crippen molar-refractivity contribution in [3.05, 3.63) is 194 Å². The van der Waals surface area contributed by atoms with Crippen molar-refractivity contribution < 1.29 is 4.42 Å². The molecule has 14 aromatic rings. The van der Waals surface area contributed by atoms with Crippen LogP contribution in [0.25, 0.3) is 126 Å². The summed E-state index contributed by atoms with van der Waals surface area (Å²) in [6.45, 7) is 0. The Morgan fingerprint density at radius 2 is 1.02 bits per heavy atom. The van der Waals surface area contributed by atoms with Gasteiger partial charge in [-0.3, -0.25) is 4.40 Å². The van der Waals surface area contributed by atoms with E-state index >= 15 is 0 Å². The van der Waals surface area contributed by atoms with Crippen molar-refractivity contribution in [1.29, 1.82) is 0 Å². The number of hydrogen-bond donors (Lipinski definition) is 0. The summed E-state index contributed by atoms with van der Waals surface area (Å²) in [4.78, 5) is 5.14. The molecule has 0 fully saturated rings. The summed E-state index contributed by atoms with van der Waals surface area (Å²) in [5, 5.41) is 10.7. The zero-order chi connectivity index (χ0) is 39.1. The minimum atomic E-state index is 0.851. The number of hydrogen-bond acceptors (Lipinski definition) is 2. The van der Waals surface area contributed by atoms with Gasteiger partial charge in [0.2, 0.25) is 0 Å². The fourth-order valence-electron chi connectivity index (χ4n) is 10.2. The SMILES string of the molecule is c1ccc(-n2c3ccc(-c4ccc5c(c4)c4ccccc4n5-c4ccc5oc6c7ccccc7c7nc8ccccc8n7c6c5c4)cc3c3c4ccccc4ccc32)cc1. The van der Waals surface area contributed by atoms with E-state index in [9.17, 15) is 0 Å². The molecule has 0 aliphatic heterocycles. The van der Waals surface area contributed by atoms with Crippen molar-refractivity contribution in [3.63, 3.8) is 0 Å². The lowest BCUT2D eigenvalue weighted by Gasteiger charge is -2.10. The summed E-state index contributed by atoms with van der Waals surface area (Å²) in [7, 11) is 0. The van der Waals surface area contributed by atoms with Gasteiger partial charge in [-0.25, -0.2) is 4.98 Å². The van der Waals surface area contributed by atoms with Crippen molar-refractivity contribution in [2.24, 2.45) is 0 Å². The van der Waals surface area contributed by atoms with Crippen molar-refractivity contribution in [3.8, 4) is 22.5 Å². The molecule has 5 nitrogen and oxygen atoms in total. The van der Waals surface area contributed by atoms with Crippen LogP contribution in [0.3, 0.4) is 0 Å². The quantitative estimate of drug-likeness (QED) is 0.180. The Bertz CT molecular complexity index is 4120. The highest BCUT2D eigenvalue weighted by molar-refractivity contribution is 6.22. The van der Waals surface area contributed by atoms with Crippen molar-refractivity contribution >= 4 is 104 Å². The van der Waals surface area contributed by atoms with E-state index in [1.807, 2.05) is 0 Å². The van der Waals surface area contributed by atoms with Crippen LogP contribution >= 0.6 is 0 Å². The van der Waals surface area contributed by atoms with E-state index in [0.29, 0.717) is 0 Å². The average molecular weight is 765 g/mol. The predicted molar refractivity (Wildman–Crippen MR) is 249 cm³/mol. The van der Waals surface area contributed by atoms with Gasteiger partial charge >= 0.3 is 0 Å². The van der Waals surface area contributed by atoms with Gasteiger partial charge in [0.1, 0.15) is 16.7 Å². The highest BCUT2D eigenvalue weighted by atomic mass is 16.3. The van der Waals surface area contributed by atoms with Gasteiger partial charge in [-0.2, -0.15) is 0 Å². The molecule has 5 heterocycles. The predicted octanol–water partition coefficient (Wildman–Crippen LogP) is 14.6. The molecule has 0 bridgehead atoms. The van der Waals surface area contributed by atoms with Crippen LogP contribution in [-0.4, -0.2) is 18.5 Å². The van der Waals surface area contributed by atoms with Crippen LogP contribution in [0.2, 0.25) is 0 Å². The van der Waals surface area contributed by atoms with E-state index in [4.69, 9.17) is 9.40 Å². The van der Waals surface area contributed by atoms with Crippen molar-refractivity contribution in [2.75, 3.05) is 0 Å². The molecule has 0 radical (unpaired) electrons. The van der Waals surface area contributed by atoms with Crippen LogP contribution in [0.5, 0.6) is 0 Å². The molecule has 5 aromatic heterocycles. The summed E-state index contributed by atoms with van der Waals surface area (Å²) >= 11 is 0. The molecule has 0 saturated heterocycles. The van der Waals surface area contributed by atoms with E-state index in [1.54, 1.807) is 0 Å². The van der Waals surface area contributed by atoms with Gasteiger partial charge in [-0.05, 0) is 101 Å². The summed E-state index contributed by atoms with van der Waals surface area (Å²) in [5.74, 6) is 0. The van der Waals surface area contributed by atoms with Gasteiger partial charge in [0.25, 0.3) is 0 Å². The van der Waals surface area contributed by atoms with E-state index in [-0.39, 0.29) is 0 Å². The Hall–Kier alpha value is -8.15. The van der Waals surface area contributed by atoms with Crippen LogP contribution in [0, 0.1) is 0 Å². The average Bonchev–Trinajstić information content (AvgIpc) is 4.07. The Kier molecular flexibility index (Phi) is 6.23. The summed E-state index contributed by atoms with van der Waals surface area (Å²) in [5.41, 5.74) is 15.1. The molecular weight excluding hydrogens is 733 g/mol. The maximum atomic E-state index is 6.75. The highest BCUT2D eigenvalue weighted by Crippen LogP contribution is 2.42. The Morgan fingerprint density at radius 3 is 1.87 bits per heavy atom. The molecule has 60 heavy (non-hydrogen) atoms. The minimum Gasteiger partial charge on any atom is -0.454 e. The summed E-state index contributed by atoms with van der Waals surface area (Å²) in [6, 6.07) is 70.1. The molecule has 14 rings (SSSR count). The van der Waals surface area contributed by atoms with Gasteiger partial charge in [-0.15, -0.1) is 0 Å². The van der Waals surface area contributed by atoms with Crippen molar-refractivity contribution in [2.45, 2.75) is 0 Å². The number of imidazole rings is 1. The van der Waals surface area contributed by atoms with Crippen molar-refractivity contribution in [1.82, 2.24) is 18.5 Å². The molecule has 0 spiro atoms. The monoisotopic (exact) mass is 764 g/mol. The number of fused-ring (bicyclic) bond motifs is 18. The Labute approximate surface area is 342 Å². The number of pyridine rings is 1. The van der Waals surface area contributed by atoms with Gasteiger partial charge < -0.3 is 13.6 Å². The molecule has 5 heteroatoms. The van der Waals surface area contributed by atoms with Crippen LogP contribution < -0.4 is 0 Å². The zero-order valence-electron chi connectivity index (χ0n) is 32.2. The lowest BCUT2D eigenvalue weighted by molar-refractivity contribution is 0.672. The number of aromatic nitrogens is 4. The molecule has 0 unspecified atom stereocenters. The van der Waals surface area contributed by atoms with Gasteiger partial charge in [0.05, 0.1) is 33.1 Å². The molecule has 0 saturated carbocycles. The largest absolute Gasteiger partial charge is 0.454 e. The molecule has 0 aliphatic carbocycles. The third-order valence-corrected chi connectivity index (χ3v) is 12.8. The first kappa shape index (κ1) is 31.9. The second-order valence-corrected chi connectivity index (χ2v) is 15.9. The standard InChI is InChI=1S/C55H32N4O/c1-2-13-36(14-3-1)57-48-27-24-35(31-43(48)52-38-15-5-4-12-33(38)22-28-50(52)57)34-23-26-47-42(30-34)39-16-8-10-20-46(39)58(47)37-25-29-51-44(32-37)53-54(60-51)40-17-6-7-18-41(40)55-56-45-19-9-11-21-49(45)59(53)55/h1-32H. The highest BCUT2D eigenvalue weighted by Gasteiger charge is 2.22. The number of benzene rings is 9. The molecule has 9 aromatic carbocycles. The van der Waals surface area contributed by atoms with Crippen LogP contribution in [0.4, 0.5) is 0 Å². The van der Waals surface area contributed by atoms with Gasteiger partial charge in [-0.1, -0.05) is 115 Å². The lowest BCUT2D eigenvalue weighted by Crippen LogP contribution is -1.94. The Morgan fingerprint density at radius 1 is 0.383 bits per heavy atom. The number of nitrogens with zero attached hydrogens (tertiary/aromatic N) is 4. The molecule has 0 aliphatic rings. The summed E-state index contributed by atoms with van der Waals surface area (Å²) < 4.78 is 13.8. The molecular formula is C55H32N4O. The summed E-state index contributed by atoms with van der Waals surface area (Å²) in [6.07, 6.45) is 0. The number of rotatable bonds is 3. The molecule has 278 valence electrons. The maximum Gasteiger partial charge on any atom is 0.160 e. The first-order valence-corrected chi connectivity index (χ1v) is 20.5. The maximum absolute atomic E-state index is 6.75. The fourth-order valence-corrected chi connectivity index (χ4v) is 10.2. The molecule has 0 N–H and O–H groups in total. The van der Waals surface area contributed by atoms with Crippen LogP contribution in [0.1, 0.15) is 0 Å². The van der Waals surface area contributed by atoms with E-state index in [0.717, 1.165) is 71.9 Å².